The zero-order valence-electron chi connectivity index (χ0n) is 16.4. The van der Waals surface area contributed by atoms with Gasteiger partial charge in [0.05, 0.1) is 12.1 Å². The third-order valence-electron chi connectivity index (χ3n) is 4.78. The molecule has 0 saturated heterocycles. The first-order valence-corrected chi connectivity index (χ1v) is 9.80. The predicted molar refractivity (Wildman–Crippen MR) is 113 cm³/mol. The number of aryl methyl sites for hydroxylation is 2. The lowest BCUT2D eigenvalue weighted by molar-refractivity contribution is 0.0941. The predicted octanol–water partition coefficient (Wildman–Crippen LogP) is 4.94. The van der Waals surface area contributed by atoms with E-state index < -0.39 is 0 Å². The molecule has 0 spiro atoms. The molecule has 2 heterocycles. The van der Waals surface area contributed by atoms with Gasteiger partial charge in [-0.1, -0.05) is 48.5 Å². The van der Waals surface area contributed by atoms with Crippen LogP contribution in [0, 0.1) is 6.92 Å². The van der Waals surface area contributed by atoms with Gasteiger partial charge in [0.15, 0.2) is 5.58 Å². The summed E-state index contributed by atoms with van der Waals surface area (Å²) in [5, 5.41) is 3.00. The number of hydrogen-bond acceptors (Lipinski definition) is 3. The summed E-state index contributed by atoms with van der Waals surface area (Å²) >= 11 is 0. The van der Waals surface area contributed by atoms with Gasteiger partial charge >= 0.3 is 0 Å². The number of aromatic nitrogens is 1. The van der Waals surface area contributed by atoms with Crippen LogP contribution in [0.2, 0.25) is 0 Å². The monoisotopic (exact) mass is 388 g/mol. The Morgan fingerprint density at radius 2 is 1.76 bits per heavy atom. The molecule has 0 aliphatic rings. The van der Waals surface area contributed by atoms with Crippen LogP contribution in [0.25, 0.3) is 11.1 Å². The van der Waals surface area contributed by atoms with Crippen LogP contribution in [0.4, 0.5) is 0 Å². The molecule has 0 fully saturated rings. The van der Waals surface area contributed by atoms with E-state index in [4.69, 9.17) is 9.15 Å². The van der Waals surface area contributed by atoms with Gasteiger partial charge in [0.1, 0.15) is 17.2 Å². The summed E-state index contributed by atoms with van der Waals surface area (Å²) in [6.07, 6.45) is 0.780. The standard InChI is InChI=1S/C24H24N2O3/c1-18-15-21-23(29-18)16-22(24(27)25-17-19-9-4-2-5-10-19)26(21)13-8-14-28-20-11-6-3-7-12-20/h2-7,9-12,15-16H,8,13-14,17H2,1H3,(H,25,27). The molecule has 0 unspecified atom stereocenters. The molecule has 148 valence electrons. The van der Waals surface area contributed by atoms with Crippen LogP contribution >= 0.6 is 0 Å². The largest absolute Gasteiger partial charge is 0.494 e. The lowest BCUT2D eigenvalue weighted by Crippen LogP contribution is -2.25. The van der Waals surface area contributed by atoms with Crippen LogP contribution in [0.1, 0.15) is 28.2 Å². The average molecular weight is 388 g/mol. The molecule has 2 aromatic heterocycles. The molecule has 29 heavy (non-hydrogen) atoms. The molecule has 5 heteroatoms. The summed E-state index contributed by atoms with van der Waals surface area (Å²) < 4.78 is 13.6. The number of carbonyl (C=O) groups excluding carboxylic acids is 1. The van der Waals surface area contributed by atoms with E-state index >= 15 is 0 Å². The molecule has 4 rings (SSSR count). The number of carbonyl (C=O) groups is 1. The molecular formula is C24H24N2O3. The maximum absolute atomic E-state index is 12.8. The molecule has 0 atom stereocenters. The van der Waals surface area contributed by atoms with Gasteiger partial charge in [-0.3, -0.25) is 4.79 Å². The maximum atomic E-state index is 12.8. The van der Waals surface area contributed by atoms with Gasteiger partial charge < -0.3 is 19.0 Å². The summed E-state index contributed by atoms with van der Waals surface area (Å²) in [4.78, 5) is 12.8. The molecular weight excluding hydrogens is 364 g/mol. The number of rotatable bonds is 8. The zero-order valence-corrected chi connectivity index (χ0v) is 16.4. The van der Waals surface area contributed by atoms with Crippen molar-refractivity contribution in [1.82, 2.24) is 9.88 Å². The smallest absolute Gasteiger partial charge is 0.268 e. The van der Waals surface area contributed by atoms with Crippen molar-refractivity contribution in [2.45, 2.75) is 26.4 Å². The van der Waals surface area contributed by atoms with Crippen LogP contribution in [0.15, 0.2) is 77.2 Å². The highest BCUT2D eigenvalue weighted by Crippen LogP contribution is 2.24. The molecule has 4 aromatic rings. The third-order valence-corrected chi connectivity index (χ3v) is 4.78. The van der Waals surface area contributed by atoms with E-state index in [0.29, 0.717) is 25.4 Å². The first kappa shape index (κ1) is 18.9. The molecule has 0 saturated carbocycles. The van der Waals surface area contributed by atoms with Gasteiger partial charge in [0.25, 0.3) is 5.91 Å². The number of benzene rings is 2. The highest BCUT2D eigenvalue weighted by molar-refractivity contribution is 5.97. The fourth-order valence-electron chi connectivity index (χ4n) is 3.39. The van der Waals surface area contributed by atoms with E-state index in [-0.39, 0.29) is 5.91 Å². The van der Waals surface area contributed by atoms with E-state index in [1.807, 2.05) is 84.3 Å². The topological polar surface area (TPSA) is 56.4 Å². The summed E-state index contributed by atoms with van der Waals surface area (Å²) in [6.45, 7) is 3.65. The maximum Gasteiger partial charge on any atom is 0.268 e. The average Bonchev–Trinajstić information content (AvgIpc) is 3.27. The van der Waals surface area contributed by atoms with E-state index in [1.54, 1.807) is 0 Å². The zero-order chi connectivity index (χ0) is 20.1. The molecule has 1 amide bonds. The molecule has 1 N–H and O–H groups in total. The minimum Gasteiger partial charge on any atom is -0.494 e. The van der Waals surface area contributed by atoms with Crippen molar-refractivity contribution in [3.05, 3.63) is 89.8 Å². The second kappa shape index (κ2) is 8.69. The number of nitrogens with zero attached hydrogens (tertiary/aromatic N) is 1. The fraction of sp³-hybridized carbons (Fsp3) is 0.208. The SMILES string of the molecule is Cc1cc2c(cc(C(=O)NCc3ccccc3)n2CCCOc2ccccc2)o1. The van der Waals surface area contributed by atoms with Crippen molar-refractivity contribution in [3.63, 3.8) is 0 Å². The Hall–Kier alpha value is -3.47. The van der Waals surface area contributed by atoms with Gasteiger partial charge in [-0.25, -0.2) is 0 Å². The van der Waals surface area contributed by atoms with Crippen LogP contribution in [0.5, 0.6) is 5.75 Å². The second-order valence-corrected chi connectivity index (χ2v) is 6.97. The van der Waals surface area contributed by atoms with Gasteiger partial charge in [-0.15, -0.1) is 0 Å². The summed E-state index contributed by atoms with van der Waals surface area (Å²) in [5.41, 5.74) is 3.34. The first-order valence-electron chi connectivity index (χ1n) is 9.80. The lowest BCUT2D eigenvalue weighted by Gasteiger charge is -2.11. The van der Waals surface area contributed by atoms with Crippen LogP contribution in [-0.4, -0.2) is 17.1 Å². The lowest BCUT2D eigenvalue weighted by atomic mass is 10.2. The Bertz CT molecular complexity index is 1080. The Morgan fingerprint density at radius 3 is 2.52 bits per heavy atom. The highest BCUT2D eigenvalue weighted by atomic mass is 16.5. The minimum absolute atomic E-state index is 0.109. The van der Waals surface area contributed by atoms with Crippen molar-refractivity contribution in [1.29, 1.82) is 0 Å². The van der Waals surface area contributed by atoms with E-state index in [1.165, 1.54) is 0 Å². The number of para-hydroxylation sites is 1. The normalized spacial score (nSPS) is 10.9. The number of ether oxygens (including phenoxy) is 1. The van der Waals surface area contributed by atoms with Crippen molar-refractivity contribution in [3.8, 4) is 5.75 Å². The summed E-state index contributed by atoms with van der Waals surface area (Å²) in [6, 6.07) is 23.4. The molecule has 2 aromatic carbocycles. The Labute approximate surface area is 169 Å². The minimum atomic E-state index is -0.109. The molecule has 5 nitrogen and oxygen atoms in total. The third kappa shape index (κ3) is 4.51. The molecule has 0 aliphatic carbocycles. The molecule has 0 aliphatic heterocycles. The van der Waals surface area contributed by atoms with Gasteiger partial charge in [-0.05, 0) is 31.0 Å². The van der Waals surface area contributed by atoms with Crippen molar-refractivity contribution >= 4 is 17.0 Å². The summed E-state index contributed by atoms with van der Waals surface area (Å²) in [7, 11) is 0. The summed E-state index contributed by atoms with van der Waals surface area (Å²) in [5.74, 6) is 1.58. The Morgan fingerprint density at radius 1 is 1.03 bits per heavy atom. The van der Waals surface area contributed by atoms with Gasteiger partial charge in [0.2, 0.25) is 0 Å². The van der Waals surface area contributed by atoms with E-state index in [9.17, 15) is 4.79 Å². The van der Waals surface area contributed by atoms with Crippen LogP contribution < -0.4 is 10.1 Å². The second-order valence-electron chi connectivity index (χ2n) is 6.97. The van der Waals surface area contributed by atoms with Crippen molar-refractivity contribution in [2.75, 3.05) is 6.61 Å². The van der Waals surface area contributed by atoms with E-state index in [2.05, 4.69) is 5.32 Å². The van der Waals surface area contributed by atoms with Crippen molar-refractivity contribution in [2.24, 2.45) is 0 Å². The van der Waals surface area contributed by atoms with Gasteiger partial charge in [0, 0.05) is 25.2 Å². The number of nitrogens with one attached hydrogen (secondary N) is 1. The van der Waals surface area contributed by atoms with Crippen LogP contribution in [0.3, 0.4) is 0 Å². The quantitative estimate of drug-likeness (QED) is 0.435. The Kier molecular flexibility index (Phi) is 5.66. The highest BCUT2D eigenvalue weighted by Gasteiger charge is 2.18. The van der Waals surface area contributed by atoms with E-state index in [0.717, 1.165) is 34.6 Å². The first-order chi connectivity index (χ1) is 14.2. The van der Waals surface area contributed by atoms with Crippen LogP contribution in [-0.2, 0) is 13.1 Å². The molecule has 0 radical (unpaired) electrons. The van der Waals surface area contributed by atoms with Gasteiger partial charge in [-0.2, -0.15) is 0 Å². The molecule has 0 bridgehead atoms. The number of fused-ring (bicyclic) bond motifs is 1. The Balaban J connectivity index is 1.45. The fourth-order valence-corrected chi connectivity index (χ4v) is 3.39. The number of furan rings is 1. The van der Waals surface area contributed by atoms with Crippen molar-refractivity contribution < 1.29 is 13.9 Å². The number of amides is 1. The number of hydrogen-bond donors (Lipinski definition) is 1.